The molecular formula is C17H15Br. The molecule has 18 heavy (non-hydrogen) atoms. The number of rotatable bonds is 1. The number of hydrogen-bond acceptors (Lipinski definition) is 0. The SMILES string of the molecule is CCc1ccc(C#Cc2ccc(Br)cc2C)cc1. The van der Waals surface area contributed by atoms with Gasteiger partial charge in [-0.15, -0.1) is 0 Å². The number of aryl methyl sites for hydroxylation is 2. The maximum atomic E-state index is 3.46. The van der Waals surface area contributed by atoms with E-state index in [0.29, 0.717) is 0 Å². The quantitative estimate of drug-likeness (QED) is 0.668. The van der Waals surface area contributed by atoms with Gasteiger partial charge >= 0.3 is 0 Å². The van der Waals surface area contributed by atoms with Crippen molar-refractivity contribution in [2.24, 2.45) is 0 Å². The third-order valence-electron chi connectivity index (χ3n) is 2.89. The van der Waals surface area contributed by atoms with E-state index in [1.165, 1.54) is 11.1 Å². The third kappa shape index (κ3) is 3.24. The van der Waals surface area contributed by atoms with Crippen molar-refractivity contribution in [2.75, 3.05) is 0 Å². The van der Waals surface area contributed by atoms with Crippen LogP contribution in [0.5, 0.6) is 0 Å². The zero-order valence-electron chi connectivity index (χ0n) is 10.6. The van der Waals surface area contributed by atoms with Gasteiger partial charge in [0, 0.05) is 15.6 Å². The molecule has 0 nitrogen and oxygen atoms in total. The molecule has 0 saturated carbocycles. The molecule has 0 unspecified atom stereocenters. The molecule has 0 fully saturated rings. The number of halogens is 1. The van der Waals surface area contributed by atoms with Crippen molar-refractivity contribution in [3.05, 3.63) is 69.2 Å². The second kappa shape index (κ2) is 5.89. The van der Waals surface area contributed by atoms with E-state index in [9.17, 15) is 0 Å². The van der Waals surface area contributed by atoms with Gasteiger partial charge < -0.3 is 0 Å². The summed E-state index contributed by atoms with van der Waals surface area (Å²) >= 11 is 3.46. The Balaban J connectivity index is 2.25. The van der Waals surface area contributed by atoms with Gasteiger partial charge in [0.05, 0.1) is 0 Å². The fraction of sp³-hybridized carbons (Fsp3) is 0.176. The maximum Gasteiger partial charge on any atom is 0.0279 e. The Morgan fingerprint density at radius 1 is 1.00 bits per heavy atom. The average molecular weight is 299 g/mol. The topological polar surface area (TPSA) is 0 Å². The van der Waals surface area contributed by atoms with Crippen molar-refractivity contribution >= 4 is 15.9 Å². The van der Waals surface area contributed by atoms with Gasteiger partial charge in [-0.05, 0) is 54.8 Å². The Morgan fingerprint density at radius 3 is 2.33 bits per heavy atom. The summed E-state index contributed by atoms with van der Waals surface area (Å²) < 4.78 is 1.10. The van der Waals surface area contributed by atoms with E-state index in [0.717, 1.165) is 22.0 Å². The van der Waals surface area contributed by atoms with E-state index in [-0.39, 0.29) is 0 Å². The Morgan fingerprint density at radius 2 is 1.72 bits per heavy atom. The number of benzene rings is 2. The molecule has 0 saturated heterocycles. The molecule has 0 radical (unpaired) electrons. The Kier molecular flexibility index (Phi) is 4.23. The van der Waals surface area contributed by atoms with E-state index >= 15 is 0 Å². The molecule has 0 aromatic heterocycles. The van der Waals surface area contributed by atoms with Gasteiger partial charge in [-0.2, -0.15) is 0 Å². The summed E-state index contributed by atoms with van der Waals surface area (Å²) in [6, 6.07) is 14.6. The normalized spacial score (nSPS) is 9.72. The summed E-state index contributed by atoms with van der Waals surface area (Å²) in [7, 11) is 0. The van der Waals surface area contributed by atoms with Gasteiger partial charge in [-0.3, -0.25) is 0 Å². The summed E-state index contributed by atoms with van der Waals surface area (Å²) in [6.45, 7) is 4.24. The maximum absolute atomic E-state index is 3.46. The molecule has 0 amide bonds. The van der Waals surface area contributed by atoms with Crippen molar-refractivity contribution in [2.45, 2.75) is 20.3 Å². The molecule has 0 spiro atoms. The summed E-state index contributed by atoms with van der Waals surface area (Å²) in [6.07, 6.45) is 1.07. The predicted molar refractivity (Wildman–Crippen MR) is 80.7 cm³/mol. The van der Waals surface area contributed by atoms with Gasteiger partial charge in [0.2, 0.25) is 0 Å². The summed E-state index contributed by atoms with van der Waals surface area (Å²) in [5.74, 6) is 6.43. The lowest BCUT2D eigenvalue weighted by Crippen LogP contribution is -1.83. The van der Waals surface area contributed by atoms with Crippen molar-refractivity contribution in [1.29, 1.82) is 0 Å². The van der Waals surface area contributed by atoms with Crippen LogP contribution in [-0.2, 0) is 6.42 Å². The predicted octanol–water partition coefficient (Wildman–Crippen LogP) is 4.72. The molecule has 0 aliphatic rings. The van der Waals surface area contributed by atoms with E-state index in [1.807, 2.05) is 12.1 Å². The van der Waals surface area contributed by atoms with Crippen molar-refractivity contribution in [3.63, 3.8) is 0 Å². The first kappa shape index (κ1) is 12.9. The van der Waals surface area contributed by atoms with Crippen LogP contribution in [0.4, 0.5) is 0 Å². The highest BCUT2D eigenvalue weighted by molar-refractivity contribution is 9.10. The van der Waals surface area contributed by atoms with E-state index < -0.39 is 0 Å². The molecule has 0 bridgehead atoms. The molecule has 2 aromatic carbocycles. The van der Waals surface area contributed by atoms with E-state index in [1.54, 1.807) is 0 Å². The fourth-order valence-corrected chi connectivity index (χ4v) is 2.21. The van der Waals surface area contributed by atoms with E-state index in [4.69, 9.17) is 0 Å². The highest BCUT2D eigenvalue weighted by Gasteiger charge is 1.95. The first-order valence-corrected chi connectivity index (χ1v) is 6.85. The lowest BCUT2D eigenvalue weighted by molar-refractivity contribution is 1.14. The van der Waals surface area contributed by atoms with Crippen LogP contribution in [0, 0.1) is 18.8 Å². The first-order chi connectivity index (χ1) is 8.69. The van der Waals surface area contributed by atoms with Gasteiger partial charge in [-0.1, -0.05) is 46.8 Å². The standard InChI is InChI=1S/C17H15Br/c1-3-14-4-6-15(7-5-14)8-9-16-10-11-17(18)12-13(16)2/h4-7,10-12H,3H2,1-2H3. The molecule has 0 heterocycles. The third-order valence-corrected chi connectivity index (χ3v) is 3.39. The minimum Gasteiger partial charge on any atom is -0.0616 e. The lowest BCUT2D eigenvalue weighted by Gasteiger charge is -1.98. The molecule has 2 aromatic rings. The first-order valence-electron chi connectivity index (χ1n) is 6.06. The highest BCUT2D eigenvalue weighted by Crippen LogP contribution is 2.15. The van der Waals surface area contributed by atoms with Crippen LogP contribution in [0.15, 0.2) is 46.9 Å². The van der Waals surface area contributed by atoms with Crippen molar-refractivity contribution in [3.8, 4) is 11.8 Å². The molecule has 90 valence electrons. The van der Waals surface area contributed by atoms with Gasteiger partial charge in [0.15, 0.2) is 0 Å². The second-order valence-corrected chi connectivity index (χ2v) is 5.18. The van der Waals surface area contributed by atoms with Gasteiger partial charge in [0.25, 0.3) is 0 Å². The molecule has 0 aliphatic heterocycles. The highest BCUT2D eigenvalue weighted by atomic mass is 79.9. The Hall–Kier alpha value is -1.52. The molecule has 0 aliphatic carbocycles. The summed E-state index contributed by atoms with van der Waals surface area (Å²) in [5.41, 5.74) is 4.69. The zero-order chi connectivity index (χ0) is 13.0. The van der Waals surface area contributed by atoms with Gasteiger partial charge in [-0.25, -0.2) is 0 Å². The molecular weight excluding hydrogens is 284 g/mol. The average Bonchev–Trinajstić information content (AvgIpc) is 2.38. The van der Waals surface area contributed by atoms with Crippen LogP contribution in [0.1, 0.15) is 29.2 Å². The van der Waals surface area contributed by atoms with E-state index in [2.05, 4.69) is 72.0 Å². The zero-order valence-corrected chi connectivity index (χ0v) is 12.2. The minimum absolute atomic E-state index is 1.06. The van der Waals surface area contributed by atoms with Crippen LogP contribution in [0.3, 0.4) is 0 Å². The summed E-state index contributed by atoms with van der Waals surface area (Å²) in [4.78, 5) is 0. The van der Waals surface area contributed by atoms with Crippen LogP contribution in [-0.4, -0.2) is 0 Å². The fourth-order valence-electron chi connectivity index (χ4n) is 1.73. The molecule has 2 rings (SSSR count). The minimum atomic E-state index is 1.06. The second-order valence-electron chi connectivity index (χ2n) is 4.26. The van der Waals surface area contributed by atoms with Crippen LogP contribution in [0.25, 0.3) is 0 Å². The van der Waals surface area contributed by atoms with Crippen LogP contribution in [0.2, 0.25) is 0 Å². The molecule has 1 heteroatoms. The number of hydrogen-bond donors (Lipinski definition) is 0. The van der Waals surface area contributed by atoms with Crippen LogP contribution < -0.4 is 0 Å². The smallest absolute Gasteiger partial charge is 0.0279 e. The van der Waals surface area contributed by atoms with Crippen LogP contribution >= 0.6 is 15.9 Å². The Bertz CT molecular complexity index is 598. The van der Waals surface area contributed by atoms with Crippen molar-refractivity contribution in [1.82, 2.24) is 0 Å². The molecule has 0 N–H and O–H groups in total. The lowest BCUT2D eigenvalue weighted by atomic mass is 10.1. The summed E-state index contributed by atoms with van der Waals surface area (Å²) in [5, 5.41) is 0. The Labute approximate surface area is 117 Å². The monoisotopic (exact) mass is 298 g/mol. The van der Waals surface area contributed by atoms with Gasteiger partial charge in [0.1, 0.15) is 0 Å². The molecule has 0 atom stereocenters. The van der Waals surface area contributed by atoms with Crippen molar-refractivity contribution < 1.29 is 0 Å². The largest absolute Gasteiger partial charge is 0.0616 e.